The third-order valence-electron chi connectivity index (χ3n) is 2.25. The van der Waals surface area contributed by atoms with Crippen LogP contribution in [0.4, 0.5) is 0 Å². The van der Waals surface area contributed by atoms with Crippen LogP contribution >= 0.6 is 0 Å². The molecule has 0 saturated carbocycles. The predicted octanol–water partition coefficient (Wildman–Crippen LogP) is 1.31. The third kappa shape index (κ3) is 1.97. The summed E-state index contributed by atoms with van der Waals surface area (Å²) in [6.07, 6.45) is 0.592. The minimum atomic E-state index is -1.18. The Kier molecular flexibility index (Phi) is 3.42. The maximum Gasteiger partial charge on any atom is 0.337 e. The van der Waals surface area contributed by atoms with Gasteiger partial charge in [-0.05, 0) is 17.5 Å². The van der Waals surface area contributed by atoms with Crippen molar-refractivity contribution in [1.29, 1.82) is 5.26 Å². The Hall–Kier alpha value is -1.86. The zero-order valence-corrected chi connectivity index (χ0v) is 8.32. The van der Waals surface area contributed by atoms with E-state index < -0.39 is 5.97 Å². The lowest BCUT2D eigenvalue weighted by Crippen LogP contribution is -2.08. The number of rotatable bonds is 3. The zero-order valence-electron chi connectivity index (χ0n) is 8.32. The van der Waals surface area contributed by atoms with Crippen LogP contribution < -0.4 is 0 Å². The molecule has 78 valence electrons. The van der Waals surface area contributed by atoms with Crippen LogP contribution in [0, 0.1) is 11.3 Å². The number of benzene rings is 1. The van der Waals surface area contributed by atoms with Crippen molar-refractivity contribution in [3.05, 3.63) is 34.4 Å². The van der Waals surface area contributed by atoms with Gasteiger partial charge in [0.05, 0.1) is 17.7 Å². The van der Waals surface area contributed by atoms with E-state index in [0.29, 0.717) is 12.0 Å². The molecule has 0 atom stereocenters. The second-order valence-corrected chi connectivity index (χ2v) is 3.06. The van der Waals surface area contributed by atoms with Gasteiger partial charge in [0.15, 0.2) is 0 Å². The van der Waals surface area contributed by atoms with E-state index in [-0.39, 0.29) is 23.3 Å². The Balaban J connectivity index is 3.53. The molecule has 1 rings (SSSR count). The SMILES string of the molecule is CCc1ccc(CO)c(C(=O)O)c1C#N. The Morgan fingerprint density at radius 3 is 2.47 bits per heavy atom. The van der Waals surface area contributed by atoms with Gasteiger partial charge in [0.25, 0.3) is 0 Å². The van der Waals surface area contributed by atoms with Crippen molar-refractivity contribution < 1.29 is 15.0 Å². The molecule has 0 radical (unpaired) electrons. The van der Waals surface area contributed by atoms with Gasteiger partial charge in [-0.3, -0.25) is 0 Å². The van der Waals surface area contributed by atoms with Crippen LogP contribution in [0.15, 0.2) is 12.1 Å². The molecule has 0 aromatic heterocycles. The first kappa shape index (κ1) is 11.2. The maximum absolute atomic E-state index is 11.0. The number of aromatic carboxylic acids is 1. The van der Waals surface area contributed by atoms with Gasteiger partial charge in [-0.1, -0.05) is 19.1 Å². The summed E-state index contributed by atoms with van der Waals surface area (Å²) >= 11 is 0. The normalized spacial score (nSPS) is 9.67. The summed E-state index contributed by atoms with van der Waals surface area (Å²) in [5, 5.41) is 26.8. The van der Waals surface area contributed by atoms with E-state index in [0.717, 1.165) is 0 Å². The summed E-state index contributed by atoms with van der Waals surface area (Å²) in [6.45, 7) is 1.47. The number of aryl methyl sites for hydroxylation is 1. The smallest absolute Gasteiger partial charge is 0.337 e. The van der Waals surface area contributed by atoms with Crippen molar-refractivity contribution in [2.45, 2.75) is 20.0 Å². The van der Waals surface area contributed by atoms with Crippen LogP contribution in [0.1, 0.15) is 34.0 Å². The highest BCUT2D eigenvalue weighted by Crippen LogP contribution is 2.19. The molecular weight excluding hydrogens is 194 g/mol. The second kappa shape index (κ2) is 4.58. The number of hydrogen-bond acceptors (Lipinski definition) is 3. The lowest BCUT2D eigenvalue weighted by Gasteiger charge is -2.08. The van der Waals surface area contributed by atoms with Crippen LogP contribution in [0.5, 0.6) is 0 Å². The molecule has 0 spiro atoms. The van der Waals surface area contributed by atoms with Crippen LogP contribution in [-0.2, 0) is 13.0 Å². The lowest BCUT2D eigenvalue weighted by molar-refractivity contribution is 0.0693. The topological polar surface area (TPSA) is 81.3 Å². The fourth-order valence-electron chi connectivity index (χ4n) is 1.49. The number of nitrogens with zero attached hydrogens (tertiary/aromatic N) is 1. The quantitative estimate of drug-likeness (QED) is 0.779. The number of aliphatic hydroxyl groups is 1. The number of carboxylic acids is 1. The first-order valence-corrected chi connectivity index (χ1v) is 4.54. The zero-order chi connectivity index (χ0) is 11.4. The first-order chi connectivity index (χ1) is 7.15. The molecule has 0 aliphatic carbocycles. The fourth-order valence-corrected chi connectivity index (χ4v) is 1.49. The van der Waals surface area contributed by atoms with Gasteiger partial charge in [0.2, 0.25) is 0 Å². The van der Waals surface area contributed by atoms with Crippen LogP contribution in [-0.4, -0.2) is 16.2 Å². The molecule has 0 aliphatic rings. The molecule has 0 amide bonds. The molecule has 0 saturated heterocycles. The second-order valence-electron chi connectivity index (χ2n) is 3.06. The molecule has 0 aliphatic heterocycles. The average Bonchev–Trinajstić information content (AvgIpc) is 2.26. The predicted molar refractivity (Wildman–Crippen MR) is 53.4 cm³/mol. The van der Waals surface area contributed by atoms with Crippen LogP contribution in [0.3, 0.4) is 0 Å². The van der Waals surface area contributed by atoms with Crippen LogP contribution in [0.2, 0.25) is 0 Å². The summed E-state index contributed by atoms with van der Waals surface area (Å²) < 4.78 is 0. The van der Waals surface area contributed by atoms with E-state index in [1.54, 1.807) is 12.1 Å². The molecule has 1 aromatic carbocycles. The van der Waals surface area contributed by atoms with Crippen molar-refractivity contribution >= 4 is 5.97 Å². The van der Waals surface area contributed by atoms with E-state index in [9.17, 15) is 4.79 Å². The molecule has 0 heterocycles. The minimum absolute atomic E-state index is 0.0839. The van der Waals surface area contributed by atoms with E-state index in [4.69, 9.17) is 15.5 Å². The van der Waals surface area contributed by atoms with Gasteiger partial charge in [0.1, 0.15) is 6.07 Å². The highest BCUT2D eigenvalue weighted by molar-refractivity contribution is 5.92. The van der Waals surface area contributed by atoms with E-state index in [2.05, 4.69) is 0 Å². The van der Waals surface area contributed by atoms with Gasteiger partial charge in [-0.25, -0.2) is 4.79 Å². The largest absolute Gasteiger partial charge is 0.478 e. The Bertz CT molecular complexity index is 432. The van der Waals surface area contributed by atoms with Gasteiger partial charge >= 0.3 is 5.97 Å². The average molecular weight is 205 g/mol. The highest BCUT2D eigenvalue weighted by atomic mass is 16.4. The molecule has 2 N–H and O–H groups in total. The summed E-state index contributed by atoms with van der Waals surface area (Å²) in [4.78, 5) is 11.0. The van der Waals surface area contributed by atoms with Crippen molar-refractivity contribution in [2.24, 2.45) is 0 Å². The van der Waals surface area contributed by atoms with Crippen molar-refractivity contribution in [3.63, 3.8) is 0 Å². The van der Waals surface area contributed by atoms with Gasteiger partial charge in [-0.15, -0.1) is 0 Å². The summed E-state index contributed by atoms with van der Waals surface area (Å²) in [5.74, 6) is -1.18. The maximum atomic E-state index is 11.0. The third-order valence-corrected chi connectivity index (χ3v) is 2.25. The molecule has 4 heteroatoms. The Labute approximate surface area is 87.4 Å². The molecular formula is C11H11NO3. The Morgan fingerprint density at radius 2 is 2.07 bits per heavy atom. The van der Waals surface area contributed by atoms with Gasteiger partial charge in [0, 0.05) is 0 Å². The molecule has 4 nitrogen and oxygen atoms in total. The monoisotopic (exact) mass is 205 g/mol. The van der Waals surface area contributed by atoms with Crippen LogP contribution in [0.25, 0.3) is 0 Å². The van der Waals surface area contributed by atoms with Crippen molar-refractivity contribution in [3.8, 4) is 6.07 Å². The summed E-state index contributed by atoms with van der Waals surface area (Å²) in [7, 11) is 0. The lowest BCUT2D eigenvalue weighted by atomic mass is 9.95. The number of carboxylic acid groups (broad SMARTS) is 1. The molecule has 0 fully saturated rings. The summed E-state index contributed by atoms with van der Waals surface area (Å²) in [5.41, 5.74) is 1.03. The molecule has 0 unspecified atom stereocenters. The first-order valence-electron chi connectivity index (χ1n) is 4.54. The van der Waals surface area contributed by atoms with Crippen molar-refractivity contribution in [1.82, 2.24) is 0 Å². The summed E-state index contributed by atoms with van der Waals surface area (Å²) in [6, 6.07) is 5.10. The number of aliphatic hydroxyl groups excluding tert-OH is 1. The van der Waals surface area contributed by atoms with E-state index in [1.807, 2.05) is 13.0 Å². The highest BCUT2D eigenvalue weighted by Gasteiger charge is 2.17. The number of hydrogen-bond donors (Lipinski definition) is 2. The fraction of sp³-hybridized carbons (Fsp3) is 0.273. The van der Waals surface area contributed by atoms with Gasteiger partial charge in [-0.2, -0.15) is 5.26 Å². The molecule has 15 heavy (non-hydrogen) atoms. The van der Waals surface area contributed by atoms with E-state index in [1.165, 1.54) is 0 Å². The standard InChI is InChI=1S/C11H11NO3/c1-2-7-3-4-8(6-13)10(11(14)15)9(7)5-12/h3-4,13H,2,6H2,1H3,(H,14,15). The molecule has 0 bridgehead atoms. The van der Waals surface area contributed by atoms with E-state index >= 15 is 0 Å². The van der Waals surface area contributed by atoms with Gasteiger partial charge < -0.3 is 10.2 Å². The number of carbonyl (C=O) groups is 1. The number of nitriles is 1. The minimum Gasteiger partial charge on any atom is -0.478 e. The Morgan fingerprint density at radius 1 is 1.47 bits per heavy atom. The van der Waals surface area contributed by atoms with Crippen molar-refractivity contribution in [2.75, 3.05) is 0 Å². The molecule has 1 aromatic rings.